The lowest BCUT2D eigenvalue weighted by Crippen LogP contribution is -2.31. The van der Waals surface area contributed by atoms with E-state index < -0.39 is 0 Å². The van der Waals surface area contributed by atoms with E-state index in [9.17, 15) is 4.39 Å². The van der Waals surface area contributed by atoms with E-state index >= 15 is 0 Å². The zero-order valence-electron chi connectivity index (χ0n) is 14.0. The maximum atomic E-state index is 14.2. The quantitative estimate of drug-likeness (QED) is 0.556. The van der Waals surface area contributed by atoms with Crippen LogP contribution in [0.5, 0.6) is 5.75 Å². The monoisotopic (exact) mass is 463 g/mol. The van der Waals surface area contributed by atoms with Gasteiger partial charge < -0.3 is 9.64 Å². The second kappa shape index (κ2) is 7.10. The third-order valence-corrected chi connectivity index (χ3v) is 5.31. The standard InChI is InChI=1S/C18H15FIN5O/c1-26-15-8-12(7-13(19)16(15)20)25-6-3-14-11(10-25)9-23-18(24-14)17-21-4-2-5-22-17/h2,4-5,7-9H,3,6,10H2,1H3. The molecule has 2 aromatic heterocycles. The van der Waals surface area contributed by atoms with Crippen LogP contribution in [0.15, 0.2) is 36.8 Å². The molecule has 1 aliphatic rings. The SMILES string of the molecule is COc1cc(N2CCc3nc(-c4ncccn4)ncc3C2)cc(F)c1I. The first-order chi connectivity index (χ1) is 12.7. The Morgan fingerprint density at radius 1 is 1.15 bits per heavy atom. The molecule has 0 saturated heterocycles. The van der Waals surface area contributed by atoms with Crippen LogP contribution in [0.4, 0.5) is 10.1 Å². The zero-order valence-corrected chi connectivity index (χ0v) is 16.1. The van der Waals surface area contributed by atoms with Gasteiger partial charge in [-0.25, -0.2) is 24.3 Å². The fourth-order valence-electron chi connectivity index (χ4n) is 2.94. The summed E-state index contributed by atoms with van der Waals surface area (Å²) in [5.74, 6) is 1.31. The average molecular weight is 463 g/mol. The minimum absolute atomic E-state index is 0.279. The van der Waals surface area contributed by atoms with Gasteiger partial charge in [0.05, 0.1) is 16.4 Å². The zero-order chi connectivity index (χ0) is 18.1. The van der Waals surface area contributed by atoms with Crippen LogP contribution in [0.3, 0.4) is 0 Å². The fraction of sp³-hybridized carbons (Fsp3) is 0.222. The van der Waals surface area contributed by atoms with Crippen molar-refractivity contribution in [3.63, 3.8) is 0 Å². The molecule has 0 saturated carbocycles. The van der Waals surface area contributed by atoms with Crippen molar-refractivity contribution in [1.82, 2.24) is 19.9 Å². The Hall–Kier alpha value is -2.36. The molecule has 0 bridgehead atoms. The highest BCUT2D eigenvalue weighted by molar-refractivity contribution is 14.1. The van der Waals surface area contributed by atoms with E-state index in [2.05, 4.69) is 24.8 Å². The smallest absolute Gasteiger partial charge is 0.197 e. The Bertz CT molecular complexity index is 954. The molecular formula is C18H15FIN5O. The van der Waals surface area contributed by atoms with Gasteiger partial charge >= 0.3 is 0 Å². The summed E-state index contributed by atoms with van der Waals surface area (Å²) in [6, 6.07) is 5.17. The highest BCUT2D eigenvalue weighted by atomic mass is 127. The van der Waals surface area contributed by atoms with Crippen molar-refractivity contribution >= 4 is 28.3 Å². The normalized spacial score (nSPS) is 13.4. The topological polar surface area (TPSA) is 64.0 Å². The number of anilines is 1. The van der Waals surface area contributed by atoms with Gasteiger partial charge in [-0.1, -0.05) is 0 Å². The molecule has 0 N–H and O–H groups in total. The molecule has 1 aromatic carbocycles. The van der Waals surface area contributed by atoms with Crippen LogP contribution in [0.25, 0.3) is 11.6 Å². The van der Waals surface area contributed by atoms with Crippen LogP contribution in [-0.4, -0.2) is 33.6 Å². The first-order valence-electron chi connectivity index (χ1n) is 8.06. The molecule has 0 amide bonds. The molecule has 1 aliphatic heterocycles. The summed E-state index contributed by atoms with van der Waals surface area (Å²) in [4.78, 5) is 19.5. The highest BCUT2D eigenvalue weighted by Crippen LogP contribution is 2.32. The van der Waals surface area contributed by atoms with Crippen molar-refractivity contribution in [2.75, 3.05) is 18.6 Å². The van der Waals surface area contributed by atoms with E-state index in [1.165, 1.54) is 0 Å². The second-order valence-electron chi connectivity index (χ2n) is 5.85. The predicted molar refractivity (Wildman–Crippen MR) is 103 cm³/mol. The molecule has 3 aromatic rings. The van der Waals surface area contributed by atoms with Crippen molar-refractivity contribution in [2.45, 2.75) is 13.0 Å². The van der Waals surface area contributed by atoms with Crippen LogP contribution in [-0.2, 0) is 13.0 Å². The number of halogens is 2. The van der Waals surface area contributed by atoms with E-state index in [4.69, 9.17) is 4.74 Å². The number of ether oxygens (including phenoxy) is 1. The van der Waals surface area contributed by atoms with Gasteiger partial charge in [0, 0.05) is 55.4 Å². The number of methoxy groups -OCH3 is 1. The molecule has 26 heavy (non-hydrogen) atoms. The van der Waals surface area contributed by atoms with Gasteiger partial charge in [-0.2, -0.15) is 0 Å². The Kier molecular flexibility index (Phi) is 4.66. The number of benzene rings is 1. The highest BCUT2D eigenvalue weighted by Gasteiger charge is 2.21. The van der Waals surface area contributed by atoms with Crippen molar-refractivity contribution in [2.24, 2.45) is 0 Å². The first kappa shape index (κ1) is 17.1. The third-order valence-electron chi connectivity index (χ3n) is 4.26. The molecule has 0 fully saturated rings. The van der Waals surface area contributed by atoms with E-state index in [1.807, 2.05) is 28.7 Å². The van der Waals surface area contributed by atoms with E-state index in [1.54, 1.807) is 37.8 Å². The lowest BCUT2D eigenvalue weighted by atomic mass is 10.1. The molecule has 8 heteroatoms. The fourth-order valence-corrected chi connectivity index (χ4v) is 3.47. The van der Waals surface area contributed by atoms with Crippen LogP contribution >= 0.6 is 22.6 Å². The summed E-state index contributed by atoms with van der Waals surface area (Å²) in [6.07, 6.45) is 5.89. The predicted octanol–water partition coefficient (Wildman–Crippen LogP) is 3.25. The molecule has 0 radical (unpaired) electrons. The number of rotatable bonds is 3. The minimum Gasteiger partial charge on any atom is -0.495 e. The van der Waals surface area contributed by atoms with Crippen molar-refractivity contribution in [3.8, 4) is 17.4 Å². The van der Waals surface area contributed by atoms with Crippen LogP contribution in [0.2, 0.25) is 0 Å². The first-order valence-corrected chi connectivity index (χ1v) is 9.13. The van der Waals surface area contributed by atoms with Crippen LogP contribution in [0, 0.1) is 9.39 Å². The summed E-state index contributed by atoms with van der Waals surface area (Å²) in [5.41, 5.74) is 2.80. The van der Waals surface area contributed by atoms with Crippen LogP contribution < -0.4 is 9.64 Å². The molecule has 3 heterocycles. The Morgan fingerprint density at radius 2 is 1.96 bits per heavy atom. The summed E-state index contributed by atoms with van der Waals surface area (Å²) in [7, 11) is 1.55. The van der Waals surface area contributed by atoms with Gasteiger partial charge in [-0.3, -0.25) is 0 Å². The Balaban J connectivity index is 1.62. The van der Waals surface area contributed by atoms with E-state index in [-0.39, 0.29) is 5.82 Å². The van der Waals surface area contributed by atoms with Crippen molar-refractivity contribution in [3.05, 3.63) is 57.4 Å². The third kappa shape index (κ3) is 3.20. The lowest BCUT2D eigenvalue weighted by molar-refractivity contribution is 0.407. The molecule has 132 valence electrons. The number of nitrogens with zero attached hydrogens (tertiary/aromatic N) is 5. The van der Waals surface area contributed by atoms with E-state index in [0.717, 1.165) is 29.9 Å². The molecule has 6 nitrogen and oxygen atoms in total. The summed E-state index contributed by atoms with van der Waals surface area (Å²) in [5, 5.41) is 0. The van der Waals surface area contributed by atoms with Gasteiger partial charge in [0.1, 0.15) is 11.6 Å². The lowest BCUT2D eigenvalue weighted by Gasteiger charge is -2.30. The van der Waals surface area contributed by atoms with Gasteiger partial charge in [0.25, 0.3) is 0 Å². The minimum atomic E-state index is -0.279. The number of hydrogen-bond acceptors (Lipinski definition) is 6. The number of aromatic nitrogens is 4. The maximum absolute atomic E-state index is 14.2. The molecule has 0 unspecified atom stereocenters. The van der Waals surface area contributed by atoms with Crippen molar-refractivity contribution < 1.29 is 9.13 Å². The summed E-state index contributed by atoms with van der Waals surface area (Å²) >= 11 is 1.95. The summed E-state index contributed by atoms with van der Waals surface area (Å²) < 4.78 is 19.9. The van der Waals surface area contributed by atoms with Crippen LogP contribution in [0.1, 0.15) is 11.3 Å². The Labute approximate surface area is 163 Å². The number of hydrogen-bond donors (Lipinski definition) is 0. The average Bonchev–Trinajstić information content (AvgIpc) is 2.69. The van der Waals surface area contributed by atoms with Gasteiger partial charge in [-0.15, -0.1) is 0 Å². The van der Waals surface area contributed by atoms with Crippen molar-refractivity contribution in [1.29, 1.82) is 0 Å². The van der Waals surface area contributed by atoms with Gasteiger partial charge in [0.15, 0.2) is 11.6 Å². The molecule has 0 atom stereocenters. The molecule has 0 spiro atoms. The van der Waals surface area contributed by atoms with Gasteiger partial charge in [0.2, 0.25) is 0 Å². The van der Waals surface area contributed by atoms with Gasteiger partial charge in [-0.05, 0) is 34.7 Å². The second-order valence-corrected chi connectivity index (χ2v) is 6.93. The Morgan fingerprint density at radius 3 is 2.73 bits per heavy atom. The molecule has 4 rings (SSSR count). The number of fused-ring (bicyclic) bond motifs is 1. The summed E-state index contributed by atoms with van der Waals surface area (Å²) in [6.45, 7) is 1.36. The maximum Gasteiger partial charge on any atom is 0.197 e. The van der Waals surface area contributed by atoms with E-state index in [0.29, 0.717) is 27.5 Å². The molecule has 0 aliphatic carbocycles. The molecular weight excluding hydrogens is 448 g/mol. The largest absolute Gasteiger partial charge is 0.495 e.